The van der Waals surface area contributed by atoms with Crippen molar-refractivity contribution in [3.63, 3.8) is 0 Å². The third-order valence-electron chi connectivity index (χ3n) is 2.69. The molecule has 2 rings (SSSR count). The summed E-state index contributed by atoms with van der Waals surface area (Å²) < 4.78 is 10.7. The third kappa shape index (κ3) is 3.40. The maximum absolute atomic E-state index is 11.3. The summed E-state index contributed by atoms with van der Waals surface area (Å²) in [5.74, 6) is 0.561. The number of aromatic nitrogens is 2. The lowest BCUT2D eigenvalue weighted by atomic mass is 10.3. The van der Waals surface area contributed by atoms with Gasteiger partial charge in [0.25, 0.3) is 5.88 Å². The minimum atomic E-state index is -0.573. The highest BCUT2D eigenvalue weighted by molar-refractivity contribution is 5.71. The molecular formula is C14H16N4O4. The van der Waals surface area contributed by atoms with Crippen LogP contribution in [0.4, 0.5) is 17.2 Å². The molecule has 0 atom stereocenters. The normalized spacial score (nSPS) is 10.1. The molecule has 8 nitrogen and oxygen atoms in total. The van der Waals surface area contributed by atoms with E-state index in [2.05, 4.69) is 15.3 Å². The number of hydrogen-bond donors (Lipinski definition) is 1. The molecule has 0 aliphatic rings. The van der Waals surface area contributed by atoms with Gasteiger partial charge in [-0.2, -0.15) is 4.98 Å². The summed E-state index contributed by atoms with van der Waals surface area (Å²) in [6, 6.07) is 7.12. The fourth-order valence-electron chi connectivity index (χ4n) is 1.84. The van der Waals surface area contributed by atoms with Gasteiger partial charge in [-0.25, -0.2) is 4.98 Å². The van der Waals surface area contributed by atoms with Crippen molar-refractivity contribution in [3.05, 3.63) is 40.7 Å². The highest BCUT2D eigenvalue weighted by atomic mass is 16.6. The Hall–Kier alpha value is -2.90. The Morgan fingerprint density at radius 2 is 1.91 bits per heavy atom. The van der Waals surface area contributed by atoms with E-state index in [4.69, 9.17) is 9.47 Å². The summed E-state index contributed by atoms with van der Waals surface area (Å²) >= 11 is 0. The molecule has 0 spiro atoms. The Morgan fingerprint density at radius 1 is 1.18 bits per heavy atom. The Bertz CT molecular complexity index is 663. The number of anilines is 2. The van der Waals surface area contributed by atoms with Crippen molar-refractivity contribution in [1.29, 1.82) is 0 Å². The summed E-state index contributed by atoms with van der Waals surface area (Å²) in [5.41, 5.74) is 0.268. The molecule has 1 aromatic carbocycles. The van der Waals surface area contributed by atoms with Crippen molar-refractivity contribution in [1.82, 2.24) is 9.97 Å². The molecule has 0 radical (unpaired) electrons. The molecule has 2 aromatic rings. The van der Waals surface area contributed by atoms with Gasteiger partial charge in [-0.05, 0) is 26.0 Å². The van der Waals surface area contributed by atoms with Gasteiger partial charge in [0.15, 0.2) is 0 Å². The Labute approximate surface area is 127 Å². The minimum Gasteiger partial charge on any atom is -0.492 e. The molecule has 0 bridgehead atoms. The molecule has 0 fully saturated rings. The lowest BCUT2D eigenvalue weighted by Crippen LogP contribution is -2.06. The van der Waals surface area contributed by atoms with Gasteiger partial charge < -0.3 is 14.8 Å². The van der Waals surface area contributed by atoms with Gasteiger partial charge in [0.1, 0.15) is 12.1 Å². The molecule has 22 heavy (non-hydrogen) atoms. The van der Waals surface area contributed by atoms with Crippen molar-refractivity contribution in [2.45, 2.75) is 13.8 Å². The van der Waals surface area contributed by atoms with Crippen molar-refractivity contribution >= 4 is 17.2 Å². The van der Waals surface area contributed by atoms with Crippen LogP contribution >= 0.6 is 0 Å². The molecule has 8 heteroatoms. The van der Waals surface area contributed by atoms with Crippen LogP contribution in [0.5, 0.6) is 11.6 Å². The van der Waals surface area contributed by atoms with Crippen LogP contribution in [-0.2, 0) is 0 Å². The summed E-state index contributed by atoms with van der Waals surface area (Å²) in [6.45, 7) is 4.34. The van der Waals surface area contributed by atoms with Gasteiger partial charge in [-0.15, -0.1) is 0 Å². The highest BCUT2D eigenvalue weighted by Gasteiger charge is 2.25. The standard InChI is InChI=1S/C14H16N4O4/c1-3-21-11-8-6-5-7-10(11)17-13-12(18(19)20)14(22-4-2)16-9-15-13/h5-9H,3-4H2,1-2H3,(H,15,16,17). The number of para-hydroxylation sites is 2. The first-order chi connectivity index (χ1) is 10.7. The van der Waals surface area contributed by atoms with E-state index >= 15 is 0 Å². The SMILES string of the molecule is CCOc1ccccc1Nc1ncnc(OCC)c1[N+](=O)[O-]. The van der Waals surface area contributed by atoms with Crippen molar-refractivity contribution in [2.24, 2.45) is 0 Å². The van der Waals surface area contributed by atoms with Crippen LogP contribution in [0.25, 0.3) is 0 Å². The van der Waals surface area contributed by atoms with Gasteiger partial charge in [-0.1, -0.05) is 12.1 Å². The number of benzene rings is 1. The molecule has 1 heterocycles. The number of hydrogen-bond acceptors (Lipinski definition) is 7. The first-order valence-corrected chi connectivity index (χ1v) is 6.78. The van der Waals surface area contributed by atoms with Gasteiger partial charge >= 0.3 is 5.69 Å². The lowest BCUT2D eigenvalue weighted by Gasteiger charge is -2.12. The number of rotatable bonds is 7. The summed E-state index contributed by atoms with van der Waals surface area (Å²) in [6.07, 6.45) is 1.21. The molecule has 0 saturated carbocycles. The average molecular weight is 304 g/mol. The van der Waals surface area contributed by atoms with Crippen LogP contribution < -0.4 is 14.8 Å². The fraction of sp³-hybridized carbons (Fsp3) is 0.286. The summed E-state index contributed by atoms with van der Waals surface area (Å²) in [5, 5.41) is 14.2. The first kappa shape index (κ1) is 15.5. The second kappa shape index (κ2) is 7.21. The van der Waals surface area contributed by atoms with E-state index in [1.807, 2.05) is 13.0 Å². The van der Waals surface area contributed by atoms with Crippen molar-refractivity contribution < 1.29 is 14.4 Å². The minimum absolute atomic E-state index is 0.0515. The number of ether oxygens (including phenoxy) is 2. The van der Waals surface area contributed by atoms with Crippen LogP contribution in [0.2, 0.25) is 0 Å². The highest BCUT2D eigenvalue weighted by Crippen LogP contribution is 2.35. The summed E-state index contributed by atoms with van der Waals surface area (Å²) in [4.78, 5) is 18.5. The molecule has 1 N–H and O–H groups in total. The van der Waals surface area contributed by atoms with E-state index in [9.17, 15) is 10.1 Å². The van der Waals surface area contributed by atoms with Crippen LogP contribution in [0.1, 0.15) is 13.8 Å². The number of nitro groups is 1. The van der Waals surface area contributed by atoms with Gasteiger partial charge in [0.05, 0.1) is 23.8 Å². The smallest absolute Gasteiger partial charge is 0.373 e. The number of nitrogens with one attached hydrogen (secondary N) is 1. The maximum atomic E-state index is 11.3. The quantitative estimate of drug-likeness (QED) is 0.620. The molecule has 0 unspecified atom stereocenters. The Kier molecular flexibility index (Phi) is 5.07. The van der Waals surface area contributed by atoms with Crippen LogP contribution in [-0.4, -0.2) is 28.1 Å². The van der Waals surface area contributed by atoms with E-state index in [1.165, 1.54) is 6.33 Å². The lowest BCUT2D eigenvalue weighted by molar-refractivity contribution is -0.385. The van der Waals surface area contributed by atoms with Crippen molar-refractivity contribution in [3.8, 4) is 11.6 Å². The van der Waals surface area contributed by atoms with E-state index in [1.54, 1.807) is 25.1 Å². The molecule has 116 valence electrons. The van der Waals surface area contributed by atoms with Gasteiger partial charge in [0.2, 0.25) is 5.82 Å². The van der Waals surface area contributed by atoms with Crippen LogP contribution in [0.3, 0.4) is 0 Å². The van der Waals surface area contributed by atoms with E-state index in [0.717, 1.165) is 0 Å². The van der Waals surface area contributed by atoms with Gasteiger partial charge in [-0.3, -0.25) is 10.1 Å². The zero-order chi connectivity index (χ0) is 15.9. The third-order valence-corrected chi connectivity index (χ3v) is 2.69. The van der Waals surface area contributed by atoms with E-state index in [-0.39, 0.29) is 24.0 Å². The monoisotopic (exact) mass is 304 g/mol. The Morgan fingerprint density at radius 3 is 2.59 bits per heavy atom. The molecule has 0 saturated heterocycles. The fourth-order valence-corrected chi connectivity index (χ4v) is 1.84. The van der Waals surface area contributed by atoms with E-state index in [0.29, 0.717) is 18.0 Å². The zero-order valence-corrected chi connectivity index (χ0v) is 12.3. The molecule has 0 aliphatic heterocycles. The second-order valence-electron chi connectivity index (χ2n) is 4.12. The predicted octanol–water partition coefficient (Wildman–Crippen LogP) is 2.93. The second-order valence-corrected chi connectivity index (χ2v) is 4.12. The largest absolute Gasteiger partial charge is 0.492 e. The molecule has 0 aliphatic carbocycles. The zero-order valence-electron chi connectivity index (χ0n) is 12.3. The maximum Gasteiger partial charge on any atom is 0.373 e. The first-order valence-electron chi connectivity index (χ1n) is 6.78. The molecule has 1 aromatic heterocycles. The van der Waals surface area contributed by atoms with Crippen LogP contribution in [0, 0.1) is 10.1 Å². The van der Waals surface area contributed by atoms with Crippen LogP contribution in [0.15, 0.2) is 30.6 Å². The molecule has 0 amide bonds. The topological polar surface area (TPSA) is 99.4 Å². The van der Waals surface area contributed by atoms with Gasteiger partial charge in [0, 0.05) is 0 Å². The Balaban J connectivity index is 2.41. The van der Waals surface area contributed by atoms with E-state index < -0.39 is 4.92 Å². The number of nitrogens with zero attached hydrogens (tertiary/aromatic N) is 3. The summed E-state index contributed by atoms with van der Waals surface area (Å²) in [7, 11) is 0. The average Bonchev–Trinajstić information content (AvgIpc) is 2.50. The predicted molar refractivity (Wildman–Crippen MR) is 80.7 cm³/mol. The van der Waals surface area contributed by atoms with Crippen molar-refractivity contribution in [2.75, 3.05) is 18.5 Å². The molecular weight excluding hydrogens is 288 g/mol.